The lowest BCUT2D eigenvalue weighted by atomic mass is 10.1. The molecule has 0 atom stereocenters. The molecule has 0 fully saturated rings. The Hall–Kier alpha value is -3.32. The highest BCUT2D eigenvalue weighted by atomic mass is 32.1. The number of nitrogens with zero attached hydrogens (tertiary/aromatic N) is 3. The van der Waals surface area contributed by atoms with E-state index in [1.54, 1.807) is 18.6 Å². The van der Waals surface area contributed by atoms with E-state index in [1.807, 2.05) is 48.7 Å². The maximum absolute atomic E-state index is 12.8. The molecule has 0 unspecified atom stereocenters. The van der Waals surface area contributed by atoms with Crippen LogP contribution in [-0.4, -0.2) is 25.8 Å². The minimum absolute atomic E-state index is 0.280. The third-order valence-electron chi connectivity index (χ3n) is 3.86. The Kier molecular flexibility index (Phi) is 4.28. The number of carbonyl (C=O) groups excluding carboxylic acids is 1. The summed E-state index contributed by atoms with van der Waals surface area (Å²) in [7, 11) is 0. The van der Waals surface area contributed by atoms with Crippen molar-refractivity contribution in [1.82, 2.24) is 19.9 Å². The van der Waals surface area contributed by atoms with Gasteiger partial charge in [0.1, 0.15) is 17.2 Å². The van der Waals surface area contributed by atoms with Crippen LogP contribution >= 0.6 is 11.3 Å². The molecule has 7 heteroatoms. The standard InChI is InChI=1S/C19H15N5OS/c1-12-2-4-14(5-3-12)17-22-15(13-6-8-20-9-7-13)16(23-17)18(25)24-19-21-10-11-26-19/h2-11H,1H3,(H,22,23)(H,21,24,25). The lowest BCUT2D eigenvalue weighted by molar-refractivity contribution is 0.102. The molecular weight excluding hydrogens is 346 g/mol. The van der Waals surface area contributed by atoms with E-state index in [0.29, 0.717) is 22.3 Å². The predicted molar refractivity (Wildman–Crippen MR) is 102 cm³/mol. The van der Waals surface area contributed by atoms with Crippen LogP contribution in [0.15, 0.2) is 60.4 Å². The summed E-state index contributed by atoms with van der Waals surface area (Å²) in [6.07, 6.45) is 5.00. The number of anilines is 1. The number of aromatic amines is 1. The highest BCUT2D eigenvalue weighted by Crippen LogP contribution is 2.27. The lowest BCUT2D eigenvalue weighted by Crippen LogP contribution is -2.13. The van der Waals surface area contributed by atoms with Gasteiger partial charge in [0.2, 0.25) is 0 Å². The molecule has 4 rings (SSSR count). The highest BCUT2D eigenvalue weighted by molar-refractivity contribution is 7.13. The first-order valence-corrected chi connectivity index (χ1v) is 8.87. The minimum Gasteiger partial charge on any atom is -0.333 e. The second kappa shape index (κ2) is 6.89. The topological polar surface area (TPSA) is 83.6 Å². The second-order valence-corrected chi connectivity index (χ2v) is 6.60. The predicted octanol–water partition coefficient (Wildman–Crippen LogP) is 4.16. The van der Waals surface area contributed by atoms with E-state index in [0.717, 1.165) is 16.7 Å². The number of nitrogens with one attached hydrogen (secondary N) is 2. The molecule has 0 radical (unpaired) electrons. The van der Waals surface area contributed by atoms with Gasteiger partial charge in [0.15, 0.2) is 5.13 Å². The third-order valence-corrected chi connectivity index (χ3v) is 4.55. The summed E-state index contributed by atoms with van der Waals surface area (Å²) in [5.74, 6) is 0.360. The quantitative estimate of drug-likeness (QED) is 0.572. The summed E-state index contributed by atoms with van der Waals surface area (Å²) in [5, 5.41) is 5.16. The number of benzene rings is 1. The number of pyridine rings is 1. The molecule has 3 aromatic heterocycles. The molecular formula is C19H15N5OS. The van der Waals surface area contributed by atoms with Crippen molar-refractivity contribution in [2.45, 2.75) is 6.92 Å². The van der Waals surface area contributed by atoms with E-state index in [-0.39, 0.29) is 5.91 Å². The molecule has 1 amide bonds. The van der Waals surface area contributed by atoms with Crippen molar-refractivity contribution in [3.63, 3.8) is 0 Å². The van der Waals surface area contributed by atoms with Gasteiger partial charge < -0.3 is 4.98 Å². The van der Waals surface area contributed by atoms with Crippen LogP contribution in [0.5, 0.6) is 0 Å². The maximum Gasteiger partial charge on any atom is 0.276 e. The molecule has 6 nitrogen and oxygen atoms in total. The number of aromatic nitrogens is 4. The number of aryl methyl sites for hydroxylation is 1. The molecule has 0 aliphatic carbocycles. The SMILES string of the molecule is Cc1ccc(-c2nc(-c3ccncc3)c(C(=O)Nc3nccs3)[nH]2)cc1. The molecule has 128 valence electrons. The summed E-state index contributed by atoms with van der Waals surface area (Å²) < 4.78 is 0. The zero-order valence-corrected chi connectivity index (χ0v) is 14.7. The normalized spacial score (nSPS) is 10.7. The van der Waals surface area contributed by atoms with Crippen LogP contribution in [0, 0.1) is 6.92 Å². The minimum atomic E-state index is -0.280. The molecule has 4 aromatic rings. The van der Waals surface area contributed by atoms with Gasteiger partial charge in [-0.05, 0) is 19.1 Å². The van der Waals surface area contributed by atoms with Gasteiger partial charge >= 0.3 is 0 Å². The summed E-state index contributed by atoms with van der Waals surface area (Å²) in [4.78, 5) is 28.7. The molecule has 0 spiro atoms. The Balaban J connectivity index is 1.77. The maximum atomic E-state index is 12.8. The van der Waals surface area contributed by atoms with Crippen molar-refractivity contribution >= 4 is 22.4 Å². The van der Waals surface area contributed by atoms with Gasteiger partial charge in [-0.25, -0.2) is 9.97 Å². The average molecular weight is 361 g/mol. The molecule has 26 heavy (non-hydrogen) atoms. The summed E-state index contributed by atoms with van der Waals surface area (Å²) in [6.45, 7) is 2.03. The van der Waals surface area contributed by atoms with Crippen LogP contribution in [0.25, 0.3) is 22.6 Å². The number of amides is 1. The number of hydrogen-bond donors (Lipinski definition) is 2. The van der Waals surface area contributed by atoms with Crippen molar-refractivity contribution in [2.75, 3.05) is 5.32 Å². The fourth-order valence-electron chi connectivity index (χ4n) is 2.55. The van der Waals surface area contributed by atoms with Crippen molar-refractivity contribution < 1.29 is 4.79 Å². The fraction of sp³-hybridized carbons (Fsp3) is 0.0526. The van der Waals surface area contributed by atoms with Crippen molar-refractivity contribution in [1.29, 1.82) is 0 Å². The number of hydrogen-bond acceptors (Lipinski definition) is 5. The fourth-order valence-corrected chi connectivity index (χ4v) is 3.07. The molecule has 0 aliphatic rings. The van der Waals surface area contributed by atoms with Crippen LogP contribution in [0.3, 0.4) is 0 Å². The van der Waals surface area contributed by atoms with Crippen LogP contribution < -0.4 is 5.32 Å². The van der Waals surface area contributed by atoms with Crippen LogP contribution in [0.1, 0.15) is 16.1 Å². The third kappa shape index (κ3) is 3.25. The largest absolute Gasteiger partial charge is 0.333 e. The smallest absolute Gasteiger partial charge is 0.276 e. The monoisotopic (exact) mass is 361 g/mol. The van der Waals surface area contributed by atoms with Gasteiger partial charge in [-0.2, -0.15) is 0 Å². The number of imidazole rings is 1. The molecule has 3 heterocycles. The second-order valence-electron chi connectivity index (χ2n) is 5.70. The Morgan fingerprint density at radius 3 is 2.50 bits per heavy atom. The zero-order valence-electron chi connectivity index (χ0n) is 13.9. The Morgan fingerprint density at radius 1 is 1.04 bits per heavy atom. The summed E-state index contributed by atoms with van der Waals surface area (Å²) >= 11 is 1.37. The first kappa shape index (κ1) is 16.2. The summed E-state index contributed by atoms with van der Waals surface area (Å²) in [5.41, 5.74) is 3.87. The van der Waals surface area contributed by atoms with Crippen molar-refractivity contribution in [3.05, 3.63) is 71.6 Å². The van der Waals surface area contributed by atoms with E-state index in [9.17, 15) is 4.79 Å². The van der Waals surface area contributed by atoms with E-state index in [4.69, 9.17) is 0 Å². The van der Waals surface area contributed by atoms with E-state index >= 15 is 0 Å². The van der Waals surface area contributed by atoms with Gasteiger partial charge in [-0.15, -0.1) is 11.3 Å². The number of H-pyrrole nitrogens is 1. The molecule has 2 N–H and O–H groups in total. The molecule has 0 saturated heterocycles. The van der Waals surface area contributed by atoms with Crippen molar-refractivity contribution in [2.24, 2.45) is 0 Å². The van der Waals surface area contributed by atoms with Gasteiger partial charge in [0.25, 0.3) is 5.91 Å². The Labute approximate surface area is 154 Å². The summed E-state index contributed by atoms with van der Waals surface area (Å²) in [6, 6.07) is 11.6. The number of thiazole rings is 1. The van der Waals surface area contributed by atoms with Gasteiger partial charge in [-0.3, -0.25) is 15.1 Å². The van der Waals surface area contributed by atoms with E-state index in [1.165, 1.54) is 11.3 Å². The van der Waals surface area contributed by atoms with E-state index < -0.39 is 0 Å². The Morgan fingerprint density at radius 2 is 1.81 bits per heavy atom. The van der Waals surface area contributed by atoms with Gasteiger partial charge in [-0.1, -0.05) is 29.8 Å². The molecule has 0 bridgehead atoms. The lowest BCUT2D eigenvalue weighted by Gasteiger charge is -2.02. The highest BCUT2D eigenvalue weighted by Gasteiger charge is 2.20. The molecule has 0 saturated carbocycles. The van der Waals surface area contributed by atoms with Gasteiger partial charge in [0, 0.05) is 35.1 Å². The molecule has 0 aliphatic heterocycles. The molecule has 1 aromatic carbocycles. The van der Waals surface area contributed by atoms with Gasteiger partial charge in [0.05, 0.1) is 0 Å². The number of rotatable bonds is 4. The van der Waals surface area contributed by atoms with E-state index in [2.05, 4.69) is 25.3 Å². The van der Waals surface area contributed by atoms with Crippen molar-refractivity contribution in [3.8, 4) is 22.6 Å². The first-order chi connectivity index (χ1) is 12.7. The zero-order chi connectivity index (χ0) is 17.9. The number of carbonyl (C=O) groups is 1. The first-order valence-electron chi connectivity index (χ1n) is 7.99. The van der Waals surface area contributed by atoms with Crippen LogP contribution in [0.2, 0.25) is 0 Å². The average Bonchev–Trinajstić information content (AvgIpc) is 3.33. The Bertz CT molecular complexity index is 1020. The van der Waals surface area contributed by atoms with Crippen LogP contribution in [-0.2, 0) is 0 Å². The van der Waals surface area contributed by atoms with Crippen LogP contribution in [0.4, 0.5) is 5.13 Å².